The molecular weight excluding hydrogens is 298 g/mol. The van der Waals surface area contributed by atoms with E-state index in [0.717, 1.165) is 12.8 Å². The Balaban J connectivity index is 3.07. The number of benzene rings is 1. The number of nitrogens with one attached hydrogen (secondary N) is 1. The molecule has 112 valence electrons. The lowest BCUT2D eigenvalue weighted by molar-refractivity contribution is -0.119. The summed E-state index contributed by atoms with van der Waals surface area (Å²) in [5.74, 6) is -0.130. The van der Waals surface area contributed by atoms with E-state index in [4.69, 9.17) is 10.7 Å². The summed E-state index contributed by atoms with van der Waals surface area (Å²) >= 11 is 0. The van der Waals surface area contributed by atoms with E-state index in [1.165, 1.54) is 12.1 Å². The van der Waals surface area contributed by atoms with E-state index >= 15 is 0 Å². The van der Waals surface area contributed by atoms with Crippen LogP contribution < -0.4 is 5.32 Å². The van der Waals surface area contributed by atoms with Crippen molar-refractivity contribution in [2.24, 2.45) is 5.92 Å². The molecule has 1 unspecified atom stereocenters. The molecule has 0 saturated carbocycles. The molecule has 1 amide bonds. The Morgan fingerprint density at radius 1 is 1.30 bits per heavy atom. The second kappa shape index (κ2) is 6.59. The highest BCUT2D eigenvalue weighted by Gasteiger charge is 2.17. The number of carbonyl (C=O) groups excluding carboxylic acids is 1. The predicted octanol–water partition coefficient (Wildman–Crippen LogP) is 3.61. The van der Waals surface area contributed by atoms with Crippen molar-refractivity contribution in [3.8, 4) is 0 Å². The maximum atomic E-state index is 12.0. The molecule has 20 heavy (non-hydrogen) atoms. The van der Waals surface area contributed by atoms with E-state index in [1.54, 1.807) is 13.8 Å². The first-order valence-electron chi connectivity index (χ1n) is 6.53. The molecule has 6 heteroatoms. The molecule has 1 aromatic carbocycles. The zero-order chi connectivity index (χ0) is 15.5. The van der Waals surface area contributed by atoms with Crippen molar-refractivity contribution in [3.05, 3.63) is 23.3 Å². The van der Waals surface area contributed by atoms with E-state index in [1.807, 2.05) is 13.8 Å². The Bertz CT molecular complexity index is 588. The summed E-state index contributed by atoms with van der Waals surface area (Å²) in [7, 11) is 1.58. The first-order chi connectivity index (χ1) is 9.16. The van der Waals surface area contributed by atoms with Crippen molar-refractivity contribution >= 4 is 31.3 Å². The third-order valence-electron chi connectivity index (χ3n) is 3.21. The summed E-state index contributed by atoms with van der Waals surface area (Å²) in [6.45, 7) is 7.40. The van der Waals surface area contributed by atoms with Crippen molar-refractivity contribution in [1.82, 2.24) is 0 Å². The van der Waals surface area contributed by atoms with Gasteiger partial charge in [-0.25, -0.2) is 8.42 Å². The summed E-state index contributed by atoms with van der Waals surface area (Å²) in [4.78, 5) is 12.1. The van der Waals surface area contributed by atoms with Gasteiger partial charge in [-0.15, -0.1) is 0 Å². The van der Waals surface area contributed by atoms with Crippen LogP contribution in [-0.4, -0.2) is 14.3 Å². The lowest BCUT2D eigenvalue weighted by Gasteiger charge is -2.16. The molecule has 1 rings (SSSR count). The number of halogens is 1. The topological polar surface area (TPSA) is 63.2 Å². The lowest BCUT2D eigenvalue weighted by Crippen LogP contribution is -2.21. The second-order valence-corrected chi connectivity index (χ2v) is 7.61. The molecule has 0 aromatic heterocycles. The molecule has 1 N–H and O–H groups in total. The fourth-order valence-electron chi connectivity index (χ4n) is 2.07. The van der Waals surface area contributed by atoms with Gasteiger partial charge in [0.15, 0.2) is 0 Å². The lowest BCUT2D eigenvalue weighted by atomic mass is 10.0. The Morgan fingerprint density at radius 3 is 2.20 bits per heavy atom. The molecule has 1 aromatic rings. The average molecular weight is 318 g/mol. The van der Waals surface area contributed by atoms with Crippen LogP contribution in [0.25, 0.3) is 0 Å². The third-order valence-corrected chi connectivity index (χ3v) is 4.54. The van der Waals surface area contributed by atoms with Gasteiger partial charge in [0, 0.05) is 22.3 Å². The Kier molecular flexibility index (Phi) is 5.59. The standard InChI is InChI=1S/C14H20ClNO3S/c1-5-6-9(2)14(17)16-13-10(3)7-12(8-11(13)4)20(15,18)19/h7-9H,5-6H2,1-4H3,(H,16,17). The smallest absolute Gasteiger partial charge is 0.261 e. The number of carbonyl (C=O) groups is 1. The monoisotopic (exact) mass is 317 g/mol. The van der Waals surface area contributed by atoms with E-state index in [-0.39, 0.29) is 16.7 Å². The molecule has 4 nitrogen and oxygen atoms in total. The number of rotatable bonds is 5. The van der Waals surface area contributed by atoms with Gasteiger partial charge in [0.25, 0.3) is 9.05 Å². The fraction of sp³-hybridized carbons (Fsp3) is 0.500. The number of amides is 1. The highest BCUT2D eigenvalue weighted by Crippen LogP contribution is 2.27. The molecule has 0 heterocycles. The zero-order valence-corrected chi connectivity index (χ0v) is 13.7. The minimum atomic E-state index is -3.76. The molecule has 0 spiro atoms. The molecule has 0 fully saturated rings. The van der Waals surface area contributed by atoms with Crippen LogP contribution in [0, 0.1) is 19.8 Å². The number of aryl methyl sites for hydroxylation is 2. The van der Waals surface area contributed by atoms with Gasteiger partial charge < -0.3 is 5.32 Å². The Labute approximate surface area is 124 Å². The number of anilines is 1. The normalized spacial score (nSPS) is 13.1. The summed E-state index contributed by atoms with van der Waals surface area (Å²) < 4.78 is 22.7. The Hall–Kier alpha value is -1.07. The van der Waals surface area contributed by atoms with Gasteiger partial charge in [-0.2, -0.15) is 0 Å². The second-order valence-electron chi connectivity index (χ2n) is 5.05. The van der Waals surface area contributed by atoms with E-state index in [9.17, 15) is 13.2 Å². The van der Waals surface area contributed by atoms with Gasteiger partial charge >= 0.3 is 0 Å². The van der Waals surface area contributed by atoms with Crippen molar-refractivity contribution in [1.29, 1.82) is 0 Å². The molecule has 0 aliphatic rings. The maximum Gasteiger partial charge on any atom is 0.261 e. The van der Waals surface area contributed by atoms with Crippen molar-refractivity contribution < 1.29 is 13.2 Å². The van der Waals surface area contributed by atoms with Crippen LogP contribution in [0.5, 0.6) is 0 Å². The fourth-order valence-corrected chi connectivity index (χ4v) is 2.97. The van der Waals surface area contributed by atoms with Gasteiger partial charge in [-0.3, -0.25) is 4.79 Å². The van der Waals surface area contributed by atoms with Crippen molar-refractivity contribution in [2.75, 3.05) is 5.32 Å². The van der Waals surface area contributed by atoms with Crippen LogP contribution in [0.3, 0.4) is 0 Å². The van der Waals surface area contributed by atoms with Gasteiger partial charge in [0.05, 0.1) is 4.90 Å². The van der Waals surface area contributed by atoms with Crippen LogP contribution in [0.2, 0.25) is 0 Å². The number of hydrogen-bond acceptors (Lipinski definition) is 3. The van der Waals surface area contributed by atoms with E-state index < -0.39 is 9.05 Å². The minimum Gasteiger partial charge on any atom is -0.325 e. The van der Waals surface area contributed by atoms with Gasteiger partial charge in [0.2, 0.25) is 5.91 Å². The SMILES string of the molecule is CCCC(C)C(=O)Nc1c(C)cc(S(=O)(=O)Cl)cc1C. The summed E-state index contributed by atoms with van der Waals surface area (Å²) in [6, 6.07) is 2.94. The largest absolute Gasteiger partial charge is 0.325 e. The first kappa shape index (κ1) is 17.0. The van der Waals surface area contributed by atoms with E-state index in [0.29, 0.717) is 16.8 Å². The van der Waals surface area contributed by atoms with Crippen LogP contribution in [-0.2, 0) is 13.8 Å². The zero-order valence-electron chi connectivity index (χ0n) is 12.2. The predicted molar refractivity (Wildman–Crippen MR) is 81.7 cm³/mol. The maximum absolute atomic E-state index is 12.0. The molecule has 0 aliphatic carbocycles. The third kappa shape index (κ3) is 4.21. The summed E-state index contributed by atoms with van der Waals surface area (Å²) in [5.41, 5.74) is 2.02. The summed E-state index contributed by atoms with van der Waals surface area (Å²) in [5, 5.41) is 2.86. The van der Waals surface area contributed by atoms with Crippen LogP contribution in [0.15, 0.2) is 17.0 Å². The molecular formula is C14H20ClNO3S. The minimum absolute atomic E-state index is 0.0498. The van der Waals surface area contributed by atoms with E-state index in [2.05, 4.69) is 5.32 Å². The van der Waals surface area contributed by atoms with Gasteiger partial charge in [0.1, 0.15) is 0 Å². The van der Waals surface area contributed by atoms with Crippen molar-refractivity contribution in [2.45, 2.75) is 45.4 Å². The summed E-state index contributed by atoms with van der Waals surface area (Å²) in [6.07, 6.45) is 1.76. The van der Waals surface area contributed by atoms with Gasteiger partial charge in [-0.1, -0.05) is 20.3 Å². The molecule has 0 saturated heterocycles. The van der Waals surface area contributed by atoms with Crippen LogP contribution >= 0.6 is 10.7 Å². The van der Waals surface area contributed by atoms with Crippen LogP contribution in [0.1, 0.15) is 37.8 Å². The molecule has 0 radical (unpaired) electrons. The molecule has 0 aliphatic heterocycles. The number of hydrogen-bond donors (Lipinski definition) is 1. The first-order valence-corrected chi connectivity index (χ1v) is 8.84. The molecule has 1 atom stereocenters. The highest BCUT2D eigenvalue weighted by molar-refractivity contribution is 8.13. The molecule has 0 bridgehead atoms. The average Bonchev–Trinajstić information content (AvgIpc) is 2.32. The highest BCUT2D eigenvalue weighted by atomic mass is 35.7. The van der Waals surface area contributed by atoms with Gasteiger partial charge in [-0.05, 0) is 43.5 Å². The quantitative estimate of drug-likeness (QED) is 0.844. The van der Waals surface area contributed by atoms with Crippen molar-refractivity contribution in [3.63, 3.8) is 0 Å². The van der Waals surface area contributed by atoms with Crippen LogP contribution in [0.4, 0.5) is 5.69 Å². The Morgan fingerprint density at radius 2 is 1.80 bits per heavy atom.